The van der Waals surface area contributed by atoms with E-state index in [-0.39, 0.29) is 0 Å². The van der Waals surface area contributed by atoms with Crippen molar-refractivity contribution in [2.45, 2.75) is 26.0 Å². The number of pyridine rings is 1. The van der Waals surface area contributed by atoms with Crippen LogP contribution < -0.4 is 5.73 Å². The Morgan fingerprint density at radius 1 is 1.54 bits per heavy atom. The van der Waals surface area contributed by atoms with Gasteiger partial charge in [-0.1, -0.05) is 0 Å². The summed E-state index contributed by atoms with van der Waals surface area (Å²) in [5.41, 5.74) is 7.33. The zero-order valence-corrected chi connectivity index (χ0v) is 9.25. The monoisotopic (exact) mass is 244 g/mol. The molecule has 0 unspecified atom stereocenters. The molecular weight excluding hydrogens is 232 g/mol. The molecule has 4 heteroatoms. The topological polar surface area (TPSA) is 59.1 Å². The van der Waals surface area contributed by atoms with Gasteiger partial charge in [0.05, 0.1) is 23.5 Å². The highest BCUT2D eigenvalue weighted by Gasteiger charge is 2.13. The Labute approximate surface area is 86.1 Å². The van der Waals surface area contributed by atoms with Crippen molar-refractivity contribution in [1.82, 2.24) is 4.98 Å². The van der Waals surface area contributed by atoms with Crippen LogP contribution in [0.3, 0.4) is 0 Å². The van der Waals surface area contributed by atoms with Crippen LogP contribution in [0.2, 0.25) is 0 Å². The average Bonchev–Trinajstić information content (AvgIpc) is 2.08. The second kappa shape index (κ2) is 4.17. The maximum atomic E-state index is 9.26. The van der Waals surface area contributed by atoms with E-state index in [1.54, 1.807) is 6.92 Å². The zero-order chi connectivity index (χ0) is 10.0. The highest BCUT2D eigenvalue weighted by atomic mass is 79.9. The van der Waals surface area contributed by atoms with E-state index in [0.29, 0.717) is 0 Å². The molecular formula is C9H13BrN2O. The number of aromatic nitrogens is 1. The van der Waals surface area contributed by atoms with Crippen LogP contribution in [0.1, 0.15) is 24.4 Å². The Morgan fingerprint density at radius 2 is 2.15 bits per heavy atom. The number of hydrogen-bond acceptors (Lipinski definition) is 3. The van der Waals surface area contributed by atoms with Crippen molar-refractivity contribution in [3.05, 3.63) is 28.0 Å². The molecule has 1 aromatic heterocycles. The van der Waals surface area contributed by atoms with Crippen LogP contribution in [0.15, 0.2) is 16.6 Å². The van der Waals surface area contributed by atoms with Crippen molar-refractivity contribution in [1.29, 1.82) is 0 Å². The van der Waals surface area contributed by atoms with E-state index in [9.17, 15) is 5.11 Å². The minimum atomic E-state index is -0.576. The lowest BCUT2D eigenvalue weighted by molar-refractivity contribution is 0.162. The molecule has 0 aromatic carbocycles. The van der Waals surface area contributed by atoms with Gasteiger partial charge < -0.3 is 10.8 Å². The van der Waals surface area contributed by atoms with E-state index in [0.717, 1.165) is 15.9 Å². The average molecular weight is 245 g/mol. The van der Waals surface area contributed by atoms with E-state index in [1.807, 2.05) is 19.1 Å². The van der Waals surface area contributed by atoms with Crippen molar-refractivity contribution in [3.63, 3.8) is 0 Å². The molecule has 3 N–H and O–H groups in total. The molecule has 3 nitrogen and oxygen atoms in total. The number of aliphatic hydroxyl groups excluding tert-OH is 1. The summed E-state index contributed by atoms with van der Waals surface area (Å²) in [7, 11) is 0. The largest absolute Gasteiger partial charge is 0.391 e. The number of nitrogens with zero attached hydrogens (tertiary/aromatic N) is 1. The molecule has 0 amide bonds. The number of hydrogen-bond donors (Lipinski definition) is 2. The normalized spacial score (nSPS) is 15.5. The molecule has 13 heavy (non-hydrogen) atoms. The Bertz CT molecular complexity index is 302. The van der Waals surface area contributed by atoms with Gasteiger partial charge in [0.2, 0.25) is 0 Å². The first-order valence-electron chi connectivity index (χ1n) is 4.09. The van der Waals surface area contributed by atoms with Gasteiger partial charge in [0.25, 0.3) is 0 Å². The van der Waals surface area contributed by atoms with E-state index >= 15 is 0 Å². The van der Waals surface area contributed by atoms with Crippen LogP contribution in [0, 0.1) is 6.92 Å². The van der Waals surface area contributed by atoms with Gasteiger partial charge in [-0.05, 0) is 41.9 Å². The fourth-order valence-corrected chi connectivity index (χ4v) is 1.22. The van der Waals surface area contributed by atoms with Gasteiger partial charge >= 0.3 is 0 Å². The predicted octanol–water partition coefficient (Wildman–Crippen LogP) is 1.53. The highest BCUT2D eigenvalue weighted by Crippen LogP contribution is 2.18. The highest BCUT2D eigenvalue weighted by molar-refractivity contribution is 9.10. The summed E-state index contributed by atoms with van der Waals surface area (Å²) in [5.74, 6) is 0. The van der Waals surface area contributed by atoms with Gasteiger partial charge in [0, 0.05) is 4.47 Å². The minimum absolute atomic E-state index is 0.410. The van der Waals surface area contributed by atoms with Crippen LogP contribution in [-0.2, 0) is 0 Å². The number of aliphatic hydroxyl groups is 1. The molecule has 0 bridgehead atoms. The SMILES string of the molecule is Cc1nc([C@H](N)[C@H](C)O)ccc1Br. The van der Waals surface area contributed by atoms with E-state index < -0.39 is 12.1 Å². The molecule has 0 fully saturated rings. The summed E-state index contributed by atoms with van der Waals surface area (Å²) < 4.78 is 0.953. The standard InChI is InChI=1S/C9H13BrN2O/c1-5-7(10)3-4-8(12-5)9(11)6(2)13/h3-4,6,9,13H,11H2,1-2H3/t6-,9+/m0/s1. The van der Waals surface area contributed by atoms with Gasteiger partial charge in [0.15, 0.2) is 0 Å². The van der Waals surface area contributed by atoms with Crippen molar-refractivity contribution in [2.75, 3.05) is 0 Å². The molecule has 0 saturated heterocycles. The first-order chi connectivity index (χ1) is 6.02. The molecule has 0 saturated carbocycles. The van der Waals surface area contributed by atoms with Crippen molar-refractivity contribution >= 4 is 15.9 Å². The summed E-state index contributed by atoms with van der Waals surface area (Å²) in [6, 6.07) is 3.29. The summed E-state index contributed by atoms with van der Waals surface area (Å²) in [4.78, 5) is 4.26. The second-order valence-electron chi connectivity index (χ2n) is 3.07. The van der Waals surface area contributed by atoms with Crippen LogP contribution in [0.4, 0.5) is 0 Å². The number of halogens is 1. The van der Waals surface area contributed by atoms with Gasteiger partial charge in [0.1, 0.15) is 0 Å². The Kier molecular flexibility index (Phi) is 3.41. The first kappa shape index (κ1) is 10.6. The molecule has 1 aromatic rings. The van der Waals surface area contributed by atoms with Crippen LogP contribution in [0.25, 0.3) is 0 Å². The lowest BCUT2D eigenvalue weighted by Crippen LogP contribution is -2.24. The molecule has 0 aliphatic carbocycles. The Hall–Kier alpha value is -0.450. The van der Waals surface area contributed by atoms with Crippen molar-refractivity contribution in [3.8, 4) is 0 Å². The van der Waals surface area contributed by atoms with E-state index in [2.05, 4.69) is 20.9 Å². The molecule has 72 valence electrons. The molecule has 1 rings (SSSR count). The third-order valence-corrected chi connectivity index (χ3v) is 2.74. The molecule has 0 radical (unpaired) electrons. The fraction of sp³-hybridized carbons (Fsp3) is 0.444. The van der Waals surface area contributed by atoms with Gasteiger partial charge in [-0.3, -0.25) is 4.98 Å². The third-order valence-electron chi connectivity index (χ3n) is 1.90. The van der Waals surface area contributed by atoms with Crippen LogP contribution in [0.5, 0.6) is 0 Å². The Balaban J connectivity index is 2.97. The zero-order valence-electron chi connectivity index (χ0n) is 7.66. The first-order valence-corrected chi connectivity index (χ1v) is 4.88. The molecule has 0 aliphatic heterocycles. The van der Waals surface area contributed by atoms with Crippen LogP contribution >= 0.6 is 15.9 Å². The molecule has 0 spiro atoms. The van der Waals surface area contributed by atoms with Crippen molar-refractivity contribution < 1.29 is 5.11 Å². The maximum absolute atomic E-state index is 9.26. The maximum Gasteiger partial charge on any atom is 0.0731 e. The summed E-state index contributed by atoms with van der Waals surface area (Å²) in [6.07, 6.45) is -0.576. The van der Waals surface area contributed by atoms with Gasteiger partial charge in [-0.2, -0.15) is 0 Å². The van der Waals surface area contributed by atoms with Gasteiger partial charge in [-0.15, -0.1) is 0 Å². The summed E-state index contributed by atoms with van der Waals surface area (Å²) in [5, 5.41) is 9.26. The summed E-state index contributed by atoms with van der Waals surface area (Å²) >= 11 is 3.35. The minimum Gasteiger partial charge on any atom is -0.391 e. The lowest BCUT2D eigenvalue weighted by Gasteiger charge is -2.14. The number of aryl methyl sites for hydroxylation is 1. The molecule has 0 aliphatic rings. The number of nitrogens with two attached hydrogens (primary N) is 1. The third kappa shape index (κ3) is 2.49. The fourth-order valence-electron chi connectivity index (χ4n) is 0.996. The summed E-state index contributed by atoms with van der Waals surface area (Å²) in [6.45, 7) is 3.55. The van der Waals surface area contributed by atoms with Crippen LogP contribution in [-0.4, -0.2) is 16.2 Å². The smallest absolute Gasteiger partial charge is 0.0731 e. The second-order valence-corrected chi connectivity index (χ2v) is 3.92. The predicted molar refractivity (Wildman–Crippen MR) is 55.3 cm³/mol. The van der Waals surface area contributed by atoms with E-state index in [4.69, 9.17) is 5.73 Å². The van der Waals surface area contributed by atoms with Gasteiger partial charge in [-0.25, -0.2) is 0 Å². The quantitative estimate of drug-likeness (QED) is 0.830. The van der Waals surface area contributed by atoms with Crippen molar-refractivity contribution in [2.24, 2.45) is 5.73 Å². The molecule has 1 heterocycles. The number of rotatable bonds is 2. The lowest BCUT2D eigenvalue weighted by atomic mass is 10.1. The van der Waals surface area contributed by atoms with E-state index in [1.165, 1.54) is 0 Å². The Morgan fingerprint density at radius 3 is 2.62 bits per heavy atom. The molecule has 2 atom stereocenters.